The lowest BCUT2D eigenvalue weighted by Crippen LogP contribution is -2.61. The van der Waals surface area contributed by atoms with Crippen molar-refractivity contribution in [2.75, 3.05) is 13.1 Å². The second kappa shape index (κ2) is 16.6. The molecule has 10 atom stereocenters. The smallest absolute Gasteiger partial charge is 0.252 e. The van der Waals surface area contributed by atoms with Gasteiger partial charge in [-0.2, -0.15) is 0 Å². The standard InChI is InChI=1S/C24H44N2O12/c27-13-15(29)19(37-23(35)17(13)31)21(33)25-11-9-7-5-3-1-2-4-6-8-10-12-26-22(34)20-16(30)14(28)18(32)24(36)38-20/h13-20,23-24,27-32,35-36H,1-12H2,(H,25,33)(H,26,34)/t13-,14-,15-,16-,17+,18+,19-,20-,23?,24?/m0/s1. The van der Waals surface area contributed by atoms with Gasteiger partial charge in [0.25, 0.3) is 11.8 Å². The molecule has 2 rings (SSSR count). The molecular weight excluding hydrogens is 508 g/mol. The van der Waals surface area contributed by atoms with Gasteiger partial charge in [0.2, 0.25) is 0 Å². The van der Waals surface area contributed by atoms with Crippen molar-refractivity contribution in [2.24, 2.45) is 0 Å². The second-order valence-electron chi connectivity index (χ2n) is 9.96. The number of unbranched alkanes of at least 4 members (excludes halogenated alkanes) is 9. The van der Waals surface area contributed by atoms with Gasteiger partial charge in [-0.25, -0.2) is 0 Å². The molecule has 2 aliphatic rings. The van der Waals surface area contributed by atoms with Gasteiger partial charge in [-0.05, 0) is 12.8 Å². The van der Waals surface area contributed by atoms with E-state index in [4.69, 9.17) is 9.47 Å². The van der Waals surface area contributed by atoms with Crippen LogP contribution in [0.15, 0.2) is 0 Å². The number of ether oxygens (including phenoxy) is 2. The quantitative estimate of drug-likeness (QED) is 0.0900. The molecule has 2 aliphatic heterocycles. The molecule has 2 saturated heterocycles. The zero-order chi connectivity index (χ0) is 28.2. The summed E-state index contributed by atoms with van der Waals surface area (Å²) in [5, 5.41) is 82.1. The van der Waals surface area contributed by atoms with E-state index in [1.54, 1.807) is 0 Å². The number of hydrogen-bond donors (Lipinski definition) is 10. The minimum absolute atomic E-state index is 0.367. The first-order valence-electron chi connectivity index (χ1n) is 13.4. The summed E-state index contributed by atoms with van der Waals surface area (Å²) < 4.78 is 9.77. The first-order valence-corrected chi connectivity index (χ1v) is 13.4. The summed E-state index contributed by atoms with van der Waals surface area (Å²) in [6.07, 6.45) is -6.78. The fraction of sp³-hybridized carbons (Fsp3) is 0.917. The zero-order valence-electron chi connectivity index (χ0n) is 21.5. The van der Waals surface area contributed by atoms with Crippen molar-refractivity contribution in [3.8, 4) is 0 Å². The zero-order valence-corrected chi connectivity index (χ0v) is 21.5. The normalized spacial score (nSPS) is 35.6. The fourth-order valence-electron chi connectivity index (χ4n) is 4.44. The Bertz CT molecular complexity index is 658. The molecule has 0 saturated carbocycles. The van der Waals surface area contributed by atoms with Crippen LogP contribution >= 0.6 is 0 Å². The molecule has 0 aromatic rings. The van der Waals surface area contributed by atoms with Crippen LogP contribution in [0.3, 0.4) is 0 Å². The summed E-state index contributed by atoms with van der Waals surface area (Å²) in [7, 11) is 0. The first kappa shape index (κ1) is 32.8. The van der Waals surface area contributed by atoms with Crippen LogP contribution in [-0.4, -0.2) is 127 Å². The maximum Gasteiger partial charge on any atom is 0.252 e. The lowest BCUT2D eigenvalue weighted by atomic mass is 9.98. The first-order chi connectivity index (χ1) is 18.1. The molecule has 2 heterocycles. The average molecular weight is 553 g/mol. The monoisotopic (exact) mass is 552 g/mol. The van der Waals surface area contributed by atoms with Crippen molar-refractivity contribution in [2.45, 2.75) is 126 Å². The van der Waals surface area contributed by atoms with Crippen molar-refractivity contribution in [1.82, 2.24) is 10.6 Å². The van der Waals surface area contributed by atoms with Gasteiger partial charge in [-0.3, -0.25) is 9.59 Å². The number of hydrogen-bond acceptors (Lipinski definition) is 12. The lowest BCUT2D eigenvalue weighted by molar-refractivity contribution is -0.275. The van der Waals surface area contributed by atoms with Gasteiger partial charge in [-0.15, -0.1) is 0 Å². The van der Waals surface area contributed by atoms with E-state index in [-0.39, 0.29) is 0 Å². The number of carbonyl (C=O) groups is 2. The summed E-state index contributed by atoms with van der Waals surface area (Å²) in [5.41, 5.74) is 0. The highest BCUT2D eigenvalue weighted by atomic mass is 16.6. The fourth-order valence-corrected chi connectivity index (χ4v) is 4.44. The molecule has 0 radical (unpaired) electrons. The van der Waals surface area contributed by atoms with E-state index in [0.29, 0.717) is 13.1 Å². The molecule has 14 heteroatoms. The molecule has 38 heavy (non-hydrogen) atoms. The molecule has 222 valence electrons. The van der Waals surface area contributed by atoms with Crippen LogP contribution in [0, 0.1) is 0 Å². The van der Waals surface area contributed by atoms with Crippen LogP contribution in [0.25, 0.3) is 0 Å². The third kappa shape index (κ3) is 9.62. The number of aliphatic hydroxyl groups is 8. The highest BCUT2D eigenvalue weighted by Gasteiger charge is 2.47. The number of amides is 2. The van der Waals surface area contributed by atoms with Crippen LogP contribution < -0.4 is 10.6 Å². The second-order valence-corrected chi connectivity index (χ2v) is 9.96. The van der Waals surface area contributed by atoms with E-state index >= 15 is 0 Å². The molecule has 0 aromatic carbocycles. The molecule has 2 unspecified atom stereocenters. The molecule has 0 aliphatic carbocycles. The summed E-state index contributed by atoms with van der Waals surface area (Å²) in [5.74, 6) is -1.31. The Morgan fingerprint density at radius 2 is 0.737 bits per heavy atom. The summed E-state index contributed by atoms with van der Waals surface area (Å²) in [6.45, 7) is 0.733. The van der Waals surface area contributed by atoms with Crippen molar-refractivity contribution in [1.29, 1.82) is 0 Å². The van der Waals surface area contributed by atoms with Gasteiger partial charge < -0.3 is 61.0 Å². The van der Waals surface area contributed by atoms with E-state index in [0.717, 1.165) is 64.2 Å². The van der Waals surface area contributed by atoms with Crippen molar-refractivity contribution < 1.29 is 59.9 Å². The minimum atomic E-state index is -1.75. The maximum atomic E-state index is 12.1. The van der Waals surface area contributed by atoms with Crippen LogP contribution in [-0.2, 0) is 19.1 Å². The van der Waals surface area contributed by atoms with Crippen molar-refractivity contribution in [3.05, 3.63) is 0 Å². The van der Waals surface area contributed by atoms with Gasteiger partial charge in [0, 0.05) is 13.1 Å². The molecule has 2 fully saturated rings. The van der Waals surface area contributed by atoms with E-state index in [2.05, 4.69) is 10.6 Å². The molecule has 0 aromatic heterocycles. The van der Waals surface area contributed by atoms with E-state index in [1.807, 2.05) is 0 Å². The minimum Gasteiger partial charge on any atom is -0.387 e. The topological polar surface area (TPSA) is 238 Å². The van der Waals surface area contributed by atoms with Gasteiger partial charge in [-0.1, -0.05) is 51.4 Å². The molecule has 14 nitrogen and oxygen atoms in total. The van der Waals surface area contributed by atoms with Gasteiger partial charge in [0.05, 0.1) is 0 Å². The third-order valence-electron chi connectivity index (χ3n) is 6.90. The highest BCUT2D eigenvalue weighted by molar-refractivity contribution is 5.82. The Labute approximate surface area is 221 Å². The Morgan fingerprint density at radius 1 is 0.447 bits per heavy atom. The van der Waals surface area contributed by atoms with E-state index in [1.165, 1.54) is 0 Å². The van der Waals surface area contributed by atoms with Crippen LogP contribution in [0.5, 0.6) is 0 Å². The molecule has 10 N–H and O–H groups in total. The SMILES string of the molecule is O=C(NCCCCCCCCCCCCNC(=O)[C@H]1OC(O)[C@H](O)[C@@H](O)[C@@H]1O)[C@H]1OC(O)[C@H](O)[C@@H](O)[C@@H]1O. The predicted molar refractivity (Wildman–Crippen MR) is 130 cm³/mol. The highest BCUT2D eigenvalue weighted by Crippen LogP contribution is 2.21. The molecule has 0 bridgehead atoms. The number of aliphatic hydroxyl groups excluding tert-OH is 8. The Balaban J connectivity index is 1.40. The number of nitrogens with one attached hydrogen (secondary N) is 2. The van der Waals surface area contributed by atoms with E-state index < -0.39 is 73.2 Å². The van der Waals surface area contributed by atoms with Crippen LogP contribution in [0.2, 0.25) is 0 Å². The van der Waals surface area contributed by atoms with Gasteiger partial charge in [0.1, 0.15) is 36.6 Å². The molecule has 2 amide bonds. The summed E-state index contributed by atoms with van der Waals surface area (Å²) >= 11 is 0. The number of rotatable bonds is 15. The van der Waals surface area contributed by atoms with Gasteiger partial charge >= 0.3 is 0 Å². The van der Waals surface area contributed by atoms with Crippen LogP contribution in [0.4, 0.5) is 0 Å². The lowest BCUT2D eigenvalue weighted by Gasteiger charge is -2.37. The van der Waals surface area contributed by atoms with Gasteiger partial charge in [0.15, 0.2) is 24.8 Å². The Hall–Kier alpha value is -1.46. The van der Waals surface area contributed by atoms with E-state index in [9.17, 15) is 50.4 Å². The Morgan fingerprint density at radius 3 is 1.05 bits per heavy atom. The largest absolute Gasteiger partial charge is 0.387 e. The van der Waals surface area contributed by atoms with Crippen LogP contribution in [0.1, 0.15) is 64.2 Å². The summed E-state index contributed by atoms with van der Waals surface area (Å²) in [4.78, 5) is 24.2. The molecular formula is C24H44N2O12. The number of carbonyl (C=O) groups excluding carboxylic acids is 2. The molecule has 0 spiro atoms. The predicted octanol–water partition coefficient (Wildman–Crippen LogP) is -3.28. The summed E-state index contributed by atoms with van der Waals surface area (Å²) in [6, 6.07) is 0. The average Bonchev–Trinajstić information content (AvgIpc) is 2.90. The maximum absolute atomic E-state index is 12.1. The third-order valence-corrected chi connectivity index (χ3v) is 6.90. The Kier molecular flexibility index (Phi) is 14.3. The van der Waals surface area contributed by atoms with Crippen molar-refractivity contribution in [3.63, 3.8) is 0 Å². The van der Waals surface area contributed by atoms with Crippen molar-refractivity contribution >= 4 is 11.8 Å².